The van der Waals surface area contributed by atoms with Crippen molar-refractivity contribution < 1.29 is 17.6 Å². The summed E-state index contributed by atoms with van der Waals surface area (Å²) < 4.78 is 43.4. The molecular formula is C31H32FN7O4S. The molecule has 0 bridgehead atoms. The zero-order chi connectivity index (χ0) is 31.3. The second-order valence-corrected chi connectivity index (χ2v) is 13.3. The largest absolute Gasteiger partial charge is 0.397 e. The first-order valence-electron chi connectivity index (χ1n) is 14.3. The summed E-state index contributed by atoms with van der Waals surface area (Å²) in [5, 5.41) is 0.219. The molecule has 1 atom stereocenters. The summed E-state index contributed by atoms with van der Waals surface area (Å²) in [7, 11) is -3.81. The Morgan fingerprint density at radius 2 is 1.95 bits per heavy atom. The van der Waals surface area contributed by atoms with Crippen LogP contribution in [0.3, 0.4) is 0 Å². The van der Waals surface area contributed by atoms with Crippen molar-refractivity contribution in [3.63, 3.8) is 0 Å². The van der Waals surface area contributed by atoms with Gasteiger partial charge in [-0.15, -0.1) is 0 Å². The molecule has 11 nitrogen and oxygen atoms in total. The SMILES string of the molecule is C=CC(=O)N1CCN(c2nc(=O)n(-c3c(C4CCC4)cccc3S(C)(=O)=O)c3nc(-c4ccncc4N)c(F)cc23)[C@@H](C)C1. The Morgan fingerprint density at radius 3 is 2.59 bits per heavy atom. The smallest absolute Gasteiger partial charge is 0.355 e. The van der Waals surface area contributed by atoms with E-state index in [1.165, 1.54) is 41.2 Å². The molecular weight excluding hydrogens is 585 g/mol. The van der Waals surface area contributed by atoms with Crippen LogP contribution in [0.2, 0.25) is 0 Å². The summed E-state index contributed by atoms with van der Waals surface area (Å²) in [6.45, 7) is 6.44. The van der Waals surface area contributed by atoms with E-state index in [0.717, 1.165) is 25.5 Å². The van der Waals surface area contributed by atoms with Crippen molar-refractivity contribution in [2.75, 3.05) is 36.5 Å². The number of carbonyl (C=O) groups excluding carboxylic acids is 1. The number of sulfone groups is 1. The maximum absolute atomic E-state index is 16.0. The van der Waals surface area contributed by atoms with Gasteiger partial charge in [0.15, 0.2) is 15.5 Å². The minimum atomic E-state index is -3.81. The van der Waals surface area contributed by atoms with Crippen LogP contribution >= 0.6 is 0 Å². The summed E-state index contributed by atoms with van der Waals surface area (Å²) in [4.78, 5) is 43.0. The fourth-order valence-electron chi connectivity index (χ4n) is 6.07. The number of fused-ring (bicyclic) bond motifs is 1. The number of hydrogen-bond donors (Lipinski definition) is 1. The molecule has 1 amide bonds. The molecule has 13 heteroatoms. The molecule has 0 unspecified atom stereocenters. The van der Waals surface area contributed by atoms with Crippen LogP contribution in [0.15, 0.2) is 65.1 Å². The third kappa shape index (κ3) is 5.00. The van der Waals surface area contributed by atoms with Crippen molar-refractivity contribution in [2.24, 2.45) is 0 Å². The highest BCUT2D eigenvalue weighted by atomic mass is 32.2. The second-order valence-electron chi connectivity index (χ2n) is 11.3. The van der Waals surface area contributed by atoms with Crippen molar-refractivity contribution in [1.29, 1.82) is 0 Å². The average Bonchev–Trinajstić information content (AvgIpc) is 2.95. The van der Waals surface area contributed by atoms with Gasteiger partial charge in [0, 0.05) is 43.7 Å². The number of aromatic nitrogens is 4. The summed E-state index contributed by atoms with van der Waals surface area (Å²) >= 11 is 0. The number of piperazine rings is 1. The standard InChI is InChI=1S/C31H32FN7O4S/c1-4-26(40)37-13-14-38(18(2)17-37)29-22-15-23(32)27(21-11-12-34-16-24(21)33)35-30(22)39(31(41)36-29)28-20(19-7-5-8-19)9-6-10-25(28)44(3,42)43/h4,6,9-12,15-16,18-19H,1,5,7-8,13-14,17,33H2,2-3H3/t18-/m0/s1. The Labute approximate surface area is 253 Å². The van der Waals surface area contributed by atoms with Crippen LogP contribution in [0.4, 0.5) is 15.9 Å². The third-order valence-corrected chi connectivity index (χ3v) is 9.62. The number of benzene rings is 1. The molecule has 44 heavy (non-hydrogen) atoms. The minimum absolute atomic E-state index is 0.0409. The van der Waals surface area contributed by atoms with Gasteiger partial charge in [-0.2, -0.15) is 4.98 Å². The normalized spacial score (nSPS) is 17.5. The summed E-state index contributed by atoms with van der Waals surface area (Å²) in [6.07, 6.45) is 7.84. The Balaban J connectivity index is 1.67. The predicted octanol–water partition coefficient (Wildman–Crippen LogP) is 3.46. The molecule has 0 radical (unpaired) electrons. The first-order chi connectivity index (χ1) is 21.0. The second kappa shape index (κ2) is 11.1. The molecule has 1 aromatic carbocycles. The molecule has 2 N–H and O–H groups in total. The number of nitrogens with two attached hydrogens (primary N) is 1. The van der Waals surface area contributed by atoms with E-state index in [4.69, 9.17) is 5.73 Å². The van der Waals surface area contributed by atoms with E-state index in [1.807, 2.05) is 17.9 Å². The van der Waals surface area contributed by atoms with Crippen LogP contribution in [-0.4, -0.2) is 70.7 Å². The number of halogens is 1. The van der Waals surface area contributed by atoms with Gasteiger partial charge in [0.2, 0.25) is 5.91 Å². The van der Waals surface area contributed by atoms with Crippen molar-refractivity contribution in [3.05, 3.63) is 77.2 Å². The van der Waals surface area contributed by atoms with Gasteiger partial charge >= 0.3 is 5.69 Å². The number of pyridine rings is 2. The molecule has 1 aliphatic heterocycles. The minimum Gasteiger partial charge on any atom is -0.397 e. The van der Waals surface area contributed by atoms with Crippen molar-refractivity contribution >= 4 is 38.3 Å². The van der Waals surface area contributed by atoms with E-state index in [9.17, 15) is 18.0 Å². The van der Waals surface area contributed by atoms with Gasteiger partial charge in [-0.3, -0.25) is 9.78 Å². The highest BCUT2D eigenvalue weighted by Crippen LogP contribution is 2.42. The molecule has 1 saturated carbocycles. The van der Waals surface area contributed by atoms with E-state index in [2.05, 4.69) is 21.5 Å². The number of amides is 1. The summed E-state index contributed by atoms with van der Waals surface area (Å²) in [6, 6.07) is 7.46. The quantitative estimate of drug-likeness (QED) is 0.322. The Morgan fingerprint density at radius 1 is 1.18 bits per heavy atom. The topological polar surface area (TPSA) is 144 Å². The third-order valence-electron chi connectivity index (χ3n) is 8.49. The number of hydrogen-bond acceptors (Lipinski definition) is 9. The van der Waals surface area contributed by atoms with Crippen LogP contribution in [0.1, 0.15) is 37.7 Å². The van der Waals surface area contributed by atoms with Crippen LogP contribution in [-0.2, 0) is 14.6 Å². The summed E-state index contributed by atoms with van der Waals surface area (Å²) in [5.74, 6) is -0.674. The van der Waals surface area contributed by atoms with E-state index in [1.54, 1.807) is 11.0 Å². The number of anilines is 2. The zero-order valence-corrected chi connectivity index (χ0v) is 25.2. The fraction of sp³-hybridized carbons (Fsp3) is 0.323. The molecule has 2 fully saturated rings. The van der Waals surface area contributed by atoms with E-state index >= 15 is 4.39 Å². The number of nitrogen functional groups attached to an aromatic ring is 1. The molecule has 228 valence electrons. The first kappa shape index (κ1) is 29.4. The van der Waals surface area contributed by atoms with Gasteiger partial charge in [-0.05, 0) is 55.5 Å². The zero-order valence-electron chi connectivity index (χ0n) is 24.4. The van der Waals surface area contributed by atoms with Gasteiger partial charge in [-0.25, -0.2) is 27.2 Å². The number of rotatable bonds is 6. The lowest BCUT2D eigenvalue weighted by molar-refractivity contribution is -0.126. The van der Waals surface area contributed by atoms with E-state index in [-0.39, 0.29) is 62.2 Å². The highest BCUT2D eigenvalue weighted by Gasteiger charge is 2.33. The number of para-hydroxylation sites is 1. The van der Waals surface area contributed by atoms with Crippen LogP contribution < -0.4 is 16.3 Å². The van der Waals surface area contributed by atoms with Crippen molar-refractivity contribution in [3.8, 4) is 16.9 Å². The summed E-state index contributed by atoms with van der Waals surface area (Å²) in [5.41, 5.74) is 6.66. The molecule has 6 rings (SSSR count). The lowest BCUT2D eigenvalue weighted by Crippen LogP contribution is -2.54. The Kier molecular flexibility index (Phi) is 7.44. The maximum atomic E-state index is 16.0. The van der Waals surface area contributed by atoms with E-state index < -0.39 is 21.3 Å². The van der Waals surface area contributed by atoms with Crippen LogP contribution in [0, 0.1) is 5.82 Å². The molecule has 0 spiro atoms. The molecule has 1 aliphatic carbocycles. The van der Waals surface area contributed by atoms with Crippen LogP contribution in [0.5, 0.6) is 0 Å². The lowest BCUT2D eigenvalue weighted by atomic mass is 9.79. The lowest BCUT2D eigenvalue weighted by Gasteiger charge is -2.40. The Bertz CT molecular complexity index is 1990. The monoisotopic (exact) mass is 617 g/mol. The van der Waals surface area contributed by atoms with Crippen LogP contribution in [0.25, 0.3) is 28.0 Å². The van der Waals surface area contributed by atoms with Gasteiger partial charge in [0.1, 0.15) is 17.3 Å². The predicted molar refractivity (Wildman–Crippen MR) is 166 cm³/mol. The first-order valence-corrected chi connectivity index (χ1v) is 16.2. The molecule has 4 heterocycles. The van der Waals surface area contributed by atoms with Crippen molar-refractivity contribution in [1.82, 2.24) is 24.4 Å². The molecule has 4 aromatic rings. The highest BCUT2D eigenvalue weighted by molar-refractivity contribution is 7.90. The number of nitrogens with zero attached hydrogens (tertiary/aromatic N) is 6. The molecule has 3 aromatic heterocycles. The number of carbonyl (C=O) groups is 1. The fourth-order valence-corrected chi connectivity index (χ4v) is 6.95. The average molecular weight is 618 g/mol. The molecule has 1 saturated heterocycles. The van der Waals surface area contributed by atoms with E-state index in [0.29, 0.717) is 25.2 Å². The van der Waals surface area contributed by atoms with Gasteiger partial charge in [-0.1, -0.05) is 25.1 Å². The Hall–Kier alpha value is -4.65. The van der Waals surface area contributed by atoms with Gasteiger partial charge < -0.3 is 15.5 Å². The molecule has 2 aliphatic rings. The van der Waals surface area contributed by atoms with Gasteiger partial charge in [0.25, 0.3) is 0 Å². The van der Waals surface area contributed by atoms with Crippen molar-refractivity contribution in [2.45, 2.75) is 43.0 Å². The maximum Gasteiger partial charge on any atom is 0.355 e. The van der Waals surface area contributed by atoms with Gasteiger partial charge in [0.05, 0.1) is 27.9 Å².